The fourth-order valence-electron chi connectivity index (χ4n) is 3.78. The first-order chi connectivity index (χ1) is 14.6. The number of amides is 2. The van der Waals surface area contributed by atoms with Gasteiger partial charge in [-0.15, -0.1) is 0 Å². The number of hydrogen-bond acceptors (Lipinski definition) is 4. The van der Waals surface area contributed by atoms with Gasteiger partial charge in [-0.3, -0.25) is 14.5 Å². The van der Waals surface area contributed by atoms with Crippen molar-refractivity contribution in [2.24, 2.45) is 0 Å². The van der Waals surface area contributed by atoms with E-state index in [4.69, 9.17) is 0 Å². The van der Waals surface area contributed by atoms with Crippen molar-refractivity contribution in [3.8, 4) is 0 Å². The molecule has 1 aliphatic rings. The number of nitrogens with one attached hydrogen (secondary N) is 1. The van der Waals surface area contributed by atoms with E-state index in [0.717, 1.165) is 16.1 Å². The smallest absolute Gasteiger partial charge is 0.247 e. The van der Waals surface area contributed by atoms with Gasteiger partial charge in [0.2, 0.25) is 21.8 Å². The zero-order chi connectivity index (χ0) is 22.8. The Morgan fingerprint density at radius 3 is 2.42 bits per heavy atom. The maximum absolute atomic E-state index is 13.4. The molecule has 1 heterocycles. The van der Waals surface area contributed by atoms with Crippen molar-refractivity contribution in [3.63, 3.8) is 0 Å². The number of hydrogen-bond donors (Lipinski definition) is 1. The van der Waals surface area contributed by atoms with Crippen LogP contribution in [0, 0.1) is 5.82 Å². The topological polar surface area (TPSA) is 86.8 Å². The molecule has 0 radical (unpaired) electrons. The molecule has 2 aromatic rings. The van der Waals surface area contributed by atoms with Crippen LogP contribution in [0.2, 0.25) is 0 Å². The Labute approximate surface area is 181 Å². The van der Waals surface area contributed by atoms with Crippen LogP contribution in [0.1, 0.15) is 25.0 Å². The van der Waals surface area contributed by atoms with Crippen LogP contribution in [-0.2, 0) is 32.6 Å². The van der Waals surface area contributed by atoms with Crippen LogP contribution in [0.3, 0.4) is 0 Å². The molecule has 9 heteroatoms. The number of carbonyl (C=O) groups excluding carboxylic acids is 2. The minimum absolute atomic E-state index is 0.116. The predicted molar refractivity (Wildman–Crippen MR) is 116 cm³/mol. The highest BCUT2D eigenvalue weighted by Crippen LogP contribution is 2.33. The van der Waals surface area contributed by atoms with Crippen LogP contribution in [-0.4, -0.2) is 49.4 Å². The van der Waals surface area contributed by atoms with Crippen molar-refractivity contribution in [2.75, 3.05) is 24.2 Å². The number of benzene rings is 2. The highest BCUT2D eigenvalue weighted by molar-refractivity contribution is 7.88. The van der Waals surface area contributed by atoms with E-state index in [0.29, 0.717) is 17.7 Å². The lowest BCUT2D eigenvalue weighted by molar-refractivity contribution is -0.133. The Morgan fingerprint density at radius 2 is 1.81 bits per heavy atom. The first-order valence-corrected chi connectivity index (χ1v) is 11.8. The summed E-state index contributed by atoms with van der Waals surface area (Å²) in [6.07, 6.45) is 1.66. The number of piperazine rings is 1. The summed E-state index contributed by atoms with van der Waals surface area (Å²) in [6.45, 7) is 3.12. The molecule has 0 aromatic heterocycles. The van der Waals surface area contributed by atoms with Gasteiger partial charge >= 0.3 is 0 Å². The Bertz CT molecular complexity index is 1090. The zero-order valence-corrected chi connectivity index (χ0v) is 18.6. The fraction of sp³-hybridized carbons (Fsp3) is 0.364. The van der Waals surface area contributed by atoms with Crippen LogP contribution in [0.4, 0.5) is 10.1 Å². The number of nitrogens with zero attached hydrogens (tertiary/aromatic N) is 2. The Kier molecular flexibility index (Phi) is 6.47. The van der Waals surface area contributed by atoms with Crippen molar-refractivity contribution < 1.29 is 22.4 Å². The molecular formula is C22H26FN3O4S. The van der Waals surface area contributed by atoms with Gasteiger partial charge < -0.3 is 5.32 Å². The Hall–Kier alpha value is -2.78. The number of halogens is 1. The predicted octanol–water partition coefficient (Wildman–Crippen LogP) is 2.07. The number of para-hydroxylation sites is 1. The first-order valence-electron chi connectivity index (χ1n) is 9.95. The molecule has 1 atom stereocenters. The second kappa shape index (κ2) is 8.76. The standard InChI is InChI=1S/C22H26FN3O4S/c1-4-17-7-5-6-8-19(17)26-20(27)14-25(31(3,29)30)15-22(26,2)21(28)24-13-16-9-11-18(23)12-10-16/h5-12H,4,13-15H2,1-3H3,(H,24,28)/t22-/m1/s1. The summed E-state index contributed by atoms with van der Waals surface area (Å²) in [5.41, 5.74) is 0.675. The van der Waals surface area contributed by atoms with Crippen molar-refractivity contribution in [1.29, 1.82) is 0 Å². The van der Waals surface area contributed by atoms with E-state index in [-0.39, 0.29) is 25.5 Å². The maximum atomic E-state index is 13.4. The molecule has 1 aliphatic heterocycles. The van der Waals surface area contributed by atoms with Crippen LogP contribution in [0.15, 0.2) is 48.5 Å². The minimum atomic E-state index is -3.69. The molecule has 2 amide bonds. The number of sulfonamides is 1. The zero-order valence-electron chi connectivity index (χ0n) is 17.8. The molecule has 3 rings (SSSR count). The second-order valence-electron chi connectivity index (χ2n) is 7.83. The average molecular weight is 448 g/mol. The van der Waals surface area contributed by atoms with E-state index in [2.05, 4.69) is 5.32 Å². The molecule has 2 aromatic carbocycles. The van der Waals surface area contributed by atoms with Crippen LogP contribution >= 0.6 is 0 Å². The van der Waals surface area contributed by atoms with E-state index in [9.17, 15) is 22.4 Å². The maximum Gasteiger partial charge on any atom is 0.247 e. The van der Waals surface area contributed by atoms with Gasteiger partial charge in [-0.05, 0) is 42.7 Å². The van der Waals surface area contributed by atoms with Gasteiger partial charge in [-0.2, -0.15) is 4.31 Å². The summed E-state index contributed by atoms with van der Waals surface area (Å²) in [6, 6.07) is 13.0. The van der Waals surface area contributed by atoms with Crippen molar-refractivity contribution >= 4 is 27.5 Å². The average Bonchev–Trinajstić information content (AvgIpc) is 2.72. The normalized spacial score (nSPS) is 20.0. The molecule has 0 spiro atoms. The number of rotatable bonds is 6. The first kappa shape index (κ1) is 22.9. The van der Waals surface area contributed by atoms with Crippen molar-refractivity contribution in [2.45, 2.75) is 32.4 Å². The molecule has 0 unspecified atom stereocenters. The highest BCUT2D eigenvalue weighted by Gasteiger charge is 2.50. The van der Waals surface area contributed by atoms with E-state index in [1.54, 1.807) is 31.2 Å². The van der Waals surface area contributed by atoms with E-state index >= 15 is 0 Å². The lowest BCUT2D eigenvalue weighted by atomic mass is 9.93. The molecule has 7 nitrogen and oxygen atoms in total. The highest BCUT2D eigenvalue weighted by atomic mass is 32.2. The largest absolute Gasteiger partial charge is 0.350 e. The second-order valence-corrected chi connectivity index (χ2v) is 9.81. The lowest BCUT2D eigenvalue weighted by Crippen LogP contribution is -2.70. The van der Waals surface area contributed by atoms with Crippen LogP contribution in [0.5, 0.6) is 0 Å². The molecule has 1 saturated heterocycles. The van der Waals surface area contributed by atoms with Crippen LogP contribution in [0.25, 0.3) is 0 Å². The van der Waals surface area contributed by atoms with E-state index in [1.165, 1.54) is 17.0 Å². The summed E-state index contributed by atoms with van der Waals surface area (Å²) in [7, 11) is -3.69. The summed E-state index contributed by atoms with van der Waals surface area (Å²) in [5.74, 6) is -1.35. The molecule has 1 fully saturated rings. The molecule has 1 N–H and O–H groups in total. The lowest BCUT2D eigenvalue weighted by Gasteiger charge is -2.47. The monoisotopic (exact) mass is 447 g/mol. The van der Waals surface area contributed by atoms with Crippen molar-refractivity contribution in [1.82, 2.24) is 9.62 Å². The van der Waals surface area contributed by atoms with E-state index in [1.807, 2.05) is 19.1 Å². The van der Waals surface area contributed by atoms with Gasteiger partial charge in [0.1, 0.15) is 11.4 Å². The van der Waals surface area contributed by atoms with Gasteiger partial charge in [0.25, 0.3) is 0 Å². The molecule has 0 aliphatic carbocycles. The minimum Gasteiger partial charge on any atom is -0.350 e. The van der Waals surface area contributed by atoms with E-state index < -0.39 is 27.4 Å². The summed E-state index contributed by atoms with van der Waals surface area (Å²) < 4.78 is 38.6. The molecule has 31 heavy (non-hydrogen) atoms. The fourth-order valence-corrected chi connectivity index (χ4v) is 4.61. The summed E-state index contributed by atoms with van der Waals surface area (Å²) >= 11 is 0. The number of aryl methyl sites for hydroxylation is 1. The third-order valence-electron chi connectivity index (χ3n) is 5.48. The number of anilines is 1. The van der Waals surface area contributed by atoms with Crippen LogP contribution < -0.4 is 10.2 Å². The number of carbonyl (C=O) groups is 2. The summed E-state index contributed by atoms with van der Waals surface area (Å²) in [4.78, 5) is 27.9. The van der Waals surface area contributed by atoms with Crippen molar-refractivity contribution in [3.05, 3.63) is 65.5 Å². The Morgan fingerprint density at radius 1 is 1.16 bits per heavy atom. The third-order valence-corrected chi connectivity index (χ3v) is 6.67. The Balaban J connectivity index is 1.98. The van der Waals surface area contributed by atoms with Gasteiger partial charge in [-0.1, -0.05) is 37.3 Å². The van der Waals surface area contributed by atoms with Gasteiger partial charge in [0.15, 0.2) is 0 Å². The van der Waals surface area contributed by atoms with Gasteiger partial charge in [0, 0.05) is 18.8 Å². The quantitative estimate of drug-likeness (QED) is 0.735. The molecule has 0 bridgehead atoms. The molecule has 166 valence electrons. The third kappa shape index (κ3) is 4.77. The van der Waals surface area contributed by atoms with Gasteiger partial charge in [0.05, 0.1) is 12.8 Å². The molecular weight excluding hydrogens is 421 g/mol. The van der Waals surface area contributed by atoms with Gasteiger partial charge in [-0.25, -0.2) is 12.8 Å². The molecule has 0 saturated carbocycles. The summed E-state index contributed by atoms with van der Waals surface area (Å²) in [5, 5.41) is 2.78. The SMILES string of the molecule is CCc1ccccc1N1C(=O)CN(S(C)(=O)=O)C[C@]1(C)C(=O)NCc1ccc(F)cc1.